The quantitative estimate of drug-likeness (QED) is 0.602. The van der Waals surface area contributed by atoms with E-state index in [1.54, 1.807) is 12.1 Å². The summed E-state index contributed by atoms with van der Waals surface area (Å²) < 4.78 is 27.8. The minimum absolute atomic E-state index is 0.0884. The van der Waals surface area contributed by atoms with E-state index in [-0.39, 0.29) is 22.6 Å². The summed E-state index contributed by atoms with van der Waals surface area (Å²) in [4.78, 5) is 24.9. The number of benzene rings is 1. The summed E-state index contributed by atoms with van der Waals surface area (Å²) >= 11 is 0. The fourth-order valence-corrected chi connectivity index (χ4v) is 4.54. The molecule has 156 valence electrons. The molecule has 0 bridgehead atoms. The predicted octanol–water partition coefficient (Wildman–Crippen LogP) is 2.42. The number of carbonyl (C=O) groups excluding carboxylic acids is 2. The highest BCUT2D eigenvalue weighted by Crippen LogP contribution is 2.23. The van der Waals surface area contributed by atoms with Crippen molar-refractivity contribution in [2.24, 2.45) is 11.8 Å². The van der Waals surface area contributed by atoms with Gasteiger partial charge >= 0.3 is 0 Å². The van der Waals surface area contributed by atoms with Crippen LogP contribution in [0.1, 0.15) is 57.9 Å². The van der Waals surface area contributed by atoms with Crippen LogP contribution >= 0.6 is 0 Å². The molecule has 3 N–H and O–H groups in total. The molecule has 1 saturated carbocycles. The van der Waals surface area contributed by atoms with Crippen LogP contribution in [0.5, 0.6) is 0 Å². The van der Waals surface area contributed by atoms with Crippen molar-refractivity contribution in [1.82, 2.24) is 15.6 Å². The van der Waals surface area contributed by atoms with Crippen molar-refractivity contribution in [1.29, 1.82) is 0 Å². The lowest BCUT2D eigenvalue weighted by Crippen LogP contribution is -2.53. The Morgan fingerprint density at radius 3 is 2.21 bits per heavy atom. The maximum atomic E-state index is 12.6. The minimum Gasteiger partial charge on any atom is -0.273 e. The second-order valence-electron chi connectivity index (χ2n) is 7.93. The van der Waals surface area contributed by atoms with Crippen LogP contribution in [-0.4, -0.2) is 26.3 Å². The second kappa shape index (κ2) is 10.0. The zero-order valence-electron chi connectivity index (χ0n) is 16.8. The first kappa shape index (κ1) is 22.4. The zero-order chi connectivity index (χ0) is 20.7. The van der Waals surface area contributed by atoms with Gasteiger partial charge in [0.05, 0.1) is 4.90 Å². The highest BCUT2D eigenvalue weighted by atomic mass is 32.2. The molecule has 0 heterocycles. The summed E-state index contributed by atoms with van der Waals surface area (Å²) in [6, 6.07) is 5.45. The summed E-state index contributed by atoms with van der Waals surface area (Å²) in [5.74, 6) is -0.779. The molecule has 1 aliphatic carbocycles. The van der Waals surface area contributed by atoms with Gasteiger partial charge in [0.25, 0.3) is 5.91 Å². The Kier molecular flexibility index (Phi) is 8.00. The molecule has 0 radical (unpaired) electrons. The maximum Gasteiger partial charge on any atom is 0.256 e. The van der Waals surface area contributed by atoms with Gasteiger partial charge in [-0.1, -0.05) is 50.8 Å². The third-order valence-electron chi connectivity index (χ3n) is 4.94. The van der Waals surface area contributed by atoms with Crippen LogP contribution in [-0.2, 0) is 19.6 Å². The van der Waals surface area contributed by atoms with Crippen LogP contribution in [0.3, 0.4) is 0 Å². The fraction of sp³-hybridized carbons (Fsp3) is 0.600. The van der Waals surface area contributed by atoms with E-state index < -0.39 is 22.0 Å². The second-order valence-corrected chi connectivity index (χ2v) is 9.64. The Hall–Kier alpha value is -1.93. The van der Waals surface area contributed by atoms with Gasteiger partial charge in [-0.2, -0.15) is 4.72 Å². The highest BCUT2D eigenvalue weighted by molar-refractivity contribution is 7.89. The molecule has 1 aromatic carbocycles. The van der Waals surface area contributed by atoms with E-state index in [4.69, 9.17) is 0 Å². The highest BCUT2D eigenvalue weighted by Gasteiger charge is 2.28. The van der Waals surface area contributed by atoms with Crippen molar-refractivity contribution in [3.8, 4) is 0 Å². The monoisotopic (exact) mass is 409 g/mol. The summed E-state index contributed by atoms with van der Waals surface area (Å²) in [6.45, 7) is 5.68. The molecule has 0 aliphatic heterocycles. The summed E-state index contributed by atoms with van der Waals surface area (Å²) in [5.41, 5.74) is 5.81. The van der Waals surface area contributed by atoms with E-state index in [0.29, 0.717) is 6.42 Å². The van der Waals surface area contributed by atoms with E-state index in [1.807, 2.05) is 20.8 Å². The first-order chi connectivity index (χ1) is 13.2. The van der Waals surface area contributed by atoms with Crippen LogP contribution < -0.4 is 15.6 Å². The van der Waals surface area contributed by atoms with Gasteiger partial charge in [-0.25, -0.2) is 8.42 Å². The van der Waals surface area contributed by atoms with Crippen molar-refractivity contribution in [2.45, 2.75) is 70.2 Å². The minimum atomic E-state index is -3.85. The predicted molar refractivity (Wildman–Crippen MR) is 108 cm³/mol. The largest absolute Gasteiger partial charge is 0.273 e. The van der Waals surface area contributed by atoms with Crippen molar-refractivity contribution < 1.29 is 18.0 Å². The lowest BCUT2D eigenvalue weighted by molar-refractivity contribution is -0.132. The maximum absolute atomic E-state index is 12.6. The number of hydrazine groups is 1. The van der Waals surface area contributed by atoms with Crippen molar-refractivity contribution >= 4 is 21.8 Å². The van der Waals surface area contributed by atoms with Crippen LogP contribution in [0.4, 0.5) is 0 Å². The molecule has 2 rings (SSSR count). The molecule has 1 atom stereocenters. The number of amides is 2. The Morgan fingerprint density at radius 2 is 1.64 bits per heavy atom. The number of aryl methyl sites for hydroxylation is 1. The van der Waals surface area contributed by atoms with Crippen LogP contribution in [0, 0.1) is 18.8 Å². The lowest BCUT2D eigenvalue weighted by Gasteiger charge is -2.23. The van der Waals surface area contributed by atoms with E-state index in [2.05, 4.69) is 15.6 Å². The van der Waals surface area contributed by atoms with Crippen LogP contribution in [0.2, 0.25) is 0 Å². The number of sulfonamides is 1. The van der Waals surface area contributed by atoms with Gasteiger partial charge in [-0.05, 0) is 44.2 Å². The Bertz CT molecular complexity index is 769. The van der Waals surface area contributed by atoms with E-state index >= 15 is 0 Å². The van der Waals surface area contributed by atoms with Gasteiger partial charge in [0.2, 0.25) is 15.9 Å². The lowest BCUT2D eigenvalue weighted by atomic mass is 9.89. The Balaban J connectivity index is 2.02. The molecule has 0 saturated heterocycles. The normalized spacial score (nSPS) is 16.6. The van der Waals surface area contributed by atoms with Gasteiger partial charge in [-0.15, -0.1) is 0 Å². The van der Waals surface area contributed by atoms with Crippen LogP contribution in [0.25, 0.3) is 0 Å². The fourth-order valence-electron chi connectivity index (χ4n) is 3.33. The molecule has 0 aromatic heterocycles. The van der Waals surface area contributed by atoms with Gasteiger partial charge in [0, 0.05) is 5.92 Å². The first-order valence-corrected chi connectivity index (χ1v) is 11.4. The number of carbonyl (C=O) groups is 2. The number of rotatable bonds is 7. The average molecular weight is 410 g/mol. The van der Waals surface area contributed by atoms with Gasteiger partial charge in [0.1, 0.15) is 6.04 Å². The molecule has 28 heavy (non-hydrogen) atoms. The average Bonchev–Trinajstić information content (AvgIpc) is 2.65. The third kappa shape index (κ3) is 6.60. The molecule has 1 aliphatic rings. The molecule has 1 fully saturated rings. The van der Waals surface area contributed by atoms with Gasteiger partial charge < -0.3 is 0 Å². The molecular weight excluding hydrogens is 378 g/mol. The molecule has 1 aromatic rings. The topological polar surface area (TPSA) is 104 Å². The van der Waals surface area contributed by atoms with Gasteiger partial charge in [0.15, 0.2) is 0 Å². The smallest absolute Gasteiger partial charge is 0.256 e. The molecule has 0 unspecified atom stereocenters. The summed E-state index contributed by atoms with van der Waals surface area (Å²) in [7, 11) is -3.85. The van der Waals surface area contributed by atoms with E-state index in [9.17, 15) is 18.0 Å². The number of nitrogens with one attached hydrogen (secondary N) is 3. The standard InChI is InChI=1S/C20H31N3O4S/c1-14(2)13-18(23-28(26,27)17-11-9-15(3)10-12-17)20(25)22-21-19(24)16-7-5-4-6-8-16/h9-12,14,16,18,23H,4-8,13H2,1-3H3,(H,21,24)(H,22,25)/t18-/m0/s1. The number of hydrogen-bond donors (Lipinski definition) is 3. The first-order valence-electron chi connectivity index (χ1n) is 9.87. The van der Waals surface area contributed by atoms with Gasteiger partial charge in [-0.3, -0.25) is 20.4 Å². The molecule has 7 nitrogen and oxygen atoms in total. The molecule has 8 heteroatoms. The van der Waals surface area contributed by atoms with Crippen molar-refractivity contribution in [3.63, 3.8) is 0 Å². The SMILES string of the molecule is Cc1ccc(S(=O)(=O)N[C@@H](CC(C)C)C(=O)NNC(=O)C2CCCCC2)cc1. The van der Waals surface area contributed by atoms with Crippen molar-refractivity contribution in [3.05, 3.63) is 29.8 Å². The van der Waals surface area contributed by atoms with E-state index in [0.717, 1.165) is 37.7 Å². The Morgan fingerprint density at radius 1 is 1.04 bits per heavy atom. The van der Waals surface area contributed by atoms with Crippen molar-refractivity contribution in [2.75, 3.05) is 0 Å². The third-order valence-corrected chi connectivity index (χ3v) is 6.42. The summed E-state index contributed by atoms with van der Waals surface area (Å²) in [6.07, 6.45) is 5.11. The van der Waals surface area contributed by atoms with E-state index in [1.165, 1.54) is 12.1 Å². The van der Waals surface area contributed by atoms with Crippen LogP contribution in [0.15, 0.2) is 29.2 Å². The summed E-state index contributed by atoms with van der Waals surface area (Å²) in [5, 5.41) is 0. The molecular formula is C20H31N3O4S. The molecule has 2 amide bonds. The zero-order valence-corrected chi connectivity index (χ0v) is 17.6. The Labute approximate surface area is 167 Å². The molecule has 0 spiro atoms. The number of hydrogen-bond acceptors (Lipinski definition) is 4.